The fourth-order valence-electron chi connectivity index (χ4n) is 1.22. The van der Waals surface area contributed by atoms with Gasteiger partial charge in [0.2, 0.25) is 5.91 Å². The van der Waals surface area contributed by atoms with E-state index in [2.05, 4.69) is 10.6 Å². The summed E-state index contributed by atoms with van der Waals surface area (Å²) in [6.07, 6.45) is 0. The molecule has 2 amide bonds. The maximum Gasteiger partial charge on any atom is 0.328 e. The largest absolute Gasteiger partial charge is 0.480 e. The summed E-state index contributed by atoms with van der Waals surface area (Å²) >= 11 is 1.23. The van der Waals surface area contributed by atoms with Crippen molar-refractivity contribution in [2.24, 2.45) is 0 Å². The monoisotopic (exact) mass is 286 g/mol. The Hall–Kier alpha value is -1.93. The Balaban J connectivity index is 2.53. The molecule has 104 valence electrons. The van der Waals surface area contributed by atoms with E-state index in [0.29, 0.717) is 4.88 Å². The predicted octanol–water partition coefficient (Wildman–Crippen LogP) is -0.572. The smallest absolute Gasteiger partial charge is 0.328 e. The van der Waals surface area contributed by atoms with Crippen molar-refractivity contribution >= 4 is 29.1 Å². The highest BCUT2D eigenvalue weighted by Crippen LogP contribution is 2.08. The Morgan fingerprint density at radius 3 is 2.53 bits per heavy atom. The van der Waals surface area contributed by atoms with Crippen LogP contribution in [0, 0.1) is 0 Å². The van der Waals surface area contributed by atoms with Gasteiger partial charge in [-0.2, -0.15) is 0 Å². The first-order chi connectivity index (χ1) is 8.95. The molecule has 0 radical (unpaired) electrons. The Morgan fingerprint density at radius 2 is 2.05 bits per heavy atom. The average Bonchev–Trinajstić information content (AvgIpc) is 2.88. The summed E-state index contributed by atoms with van der Waals surface area (Å²) in [7, 11) is 0. The van der Waals surface area contributed by atoms with Crippen molar-refractivity contribution in [2.45, 2.75) is 19.0 Å². The van der Waals surface area contributed by atoms with Crippen molar-refractivity contribution < 1.29 is 24.6 Å². The van der Waals surface area contributed by atoms with Crippen LogP contribution in [0.1, 0.15) is 16.6 Å². The normalized spacial score (nSPS) is 13.4. The molecule has 19 heavy (non-hydrogen) atoms. The van der Waals surface area contributed by atoms with Crippen LogP contribution in [0.5, 0.6) is 0 Å². The molecule has 8 heteroatoms. The van der Waals surface area contributed by atoms with E-state index in [-0.39, 0.29) is 0 Å². The van der Waals surface area contributed by atoms with E-state index < -0.39 is 36.5 Å². The number of rotatable bonds is 6. The number of carboxylic acids is 1. The topological polar surface area (TPSA) is 116 Å². The molecule has 0 aromatic carbocycles. The van der Waals surface area contributed by atoms with Gasteiger partial charge in [0.1, 0.15) is 12.1 Å². The van der Waals surface area contributed by atoms with E-state index in [1.807, 2.05) is 0 Å². The van der Waals surface area contributed by atoms with Crippen molar-refractivity contribution in [3.8, 4) is 0 Å². The van der Waals surface area contributed by atoms with Crippen molar-refractivity contribution in [2.75, 3.05) is 6.61 Å². The number of carboxylic acid groups (broad SMARTS) is 1. The lowest BCUT2D eigenvalue weighted by atomic mass is 10.2. The van der Waals surface area contributed by atoms with Crippen LogP contribution >= 0.6 is 11.3 Å². The van der Waals surface area contributed by atoms with E-state index in [1.54, 1.807) is 17.5 Å². The predicted molar refractivity (Wildman–Crippen MR) is 67.9 cm³/mol. The lowest BCUT2D eigenvalue weighted by Crippen LogP contribution is -2.51. The van der Waals surface area contributed by atoms with E-state index in [1.165, 1.54) is 18.3 Å². The molecule has 0 fully saturated rings. The summed E-state index contributed by atoms with van der Waals surface area (Å²) in [6.45, 7) is 0.712. The minimum Gasteiger partial charge on any atom is -0.480 e. The zero-order valence-electron chi connectivity index (χ0n) is 10.1. The molecule has 0 bridgehead atoms. The Kier molecular flexibility index (Phi) is 5.46. The molecule has 1 aromatic heterocycles. The number of aliphatic carboxylic acids is 1. The summed E-state index contributed by atoms with van der Waals surface area (Å²) < 4.78 is 0. The Morgan fingerprint density at radius 1 is 1.37 bits per heavy atom. The molecule has 1 unspecified atom stereocenters. The van der Waals surface area contributed by atoms with Gasteiger partial charge in [-0.15, -0.1) is 11.3 Å². The lowest BCUT2D eigenvalue weighted by molar-refractivity contribution is -0.143. The van der Waals surface area contributed by atoms with E-state index in [0.717, 1.165) is 0 Å². The molecule has 0 saturated carbocycles. The molecule has 4 N–H and O–H groups in total. The van der Waals surface area contributed by atoms with E-state index in [4.69, 9.17) is 10.2 Å². The minimum atomic E-state index is -1.38. The number of aliphatic hydroxyl groups is 1. The summed E-state index contributed by atoms with van der Waals surface area (Å²) in [5, 5.41) is 23.7. The van der Waals surface area contributed by atoms with Crippen LogP contribution in [0.3, 0.4) is 0 Å². The SMILES string of the molecule is CC(NC(=O)c1cccs1)C(=O)N[C@@H](CO)C(=O)O. The Labute approximate surface area is 113 Å². The van der Waals surface area contributed by atoms with Crippen LogP contribution in [0.2, 0.25) is 0 Å². The quantitative estimate of drug-likeness (QED) is 0.559. The van der Waals surface area contributed by atoms with Crippen LogP contribution in [0.4, 0.5) is 0 Å². The molecule has 1 heterocycles. The maximum absolute atomic E-state index is 11.7. The number of aliphatic hydroxyl groups excluding tert-OH is 1. The zero-order chi connectivity index (χ0) is 14.4. The fourth-order valence-corrected chi connectivity index (χ4v) is 1.85. The molecule has 1 rings (SSSR count). The van der Waals surface area contributed by atoms with Gasteiger partial charge in [0, 0.05) is 0 Å². The van der Waals surface area contributed by atoms with Crippen molar-refractivity contribution in [1.29, 1.82) is 0 Å². The molecule has 1 aromatic rings. The lowest BCUT2D eigenvalue weighted by Gasteiger charge is -2.16. The van der Waals surface area contributed by atoms with Crippen LogP contribution in [-0.2, 0) is 9.59 Å². The highest BCUT2D eigenvalue weighted by molar-refractivity contribution is 7.12. The number of thiophene rings is 1. The van der Waals surface area contributed by atoms with E-state index >= 15 is 0 Å². The third-order valence-corrected chi connectivity index (χ3v) is 3.15. The van der Waals surface area contributed by atoms with Gasteiger partial charge in [-0.3, -0.25) is 9.59 Å². The van der Waals surface area contributed by atoms with Gasteiger partial charge >= 0.3 is 5.97 Å². The summed E-state index contributed by atoms with van der Waals surface area (Å²) in [5.74, 6) is -2.42. The third kappa shape index (κ3) is 4.34. The number of amides is 2. The molecule has 2 atom stereocenters. The first-order valence-electron chi connectivity index (χ1n) is 5.44. The first-order valence-corrected chi connectivity index (χ1v) is 6.32. The number of carbonyl (C=O) groups excluding carboxylic acids is 2. The summed E-state index contributed by atoms with van der Waals surface area (Å²) in [4.78, 5) is 34.4. The standard InChI is InChI=1S/C11H14N2O5S/c1-6(9(15)13-7(5-14)11(17)18)12-10(16)8-3-2-4-19-8/h2-4,6-7,14H,5H2,1H3,(H,12,16)(H,13,15)(H,17,18)/t6?,7-/m0/s1. The van der Waals surface area contributed by atoms with Gasteiger partial charge in [0.05, 0.1) is 11.5 Å². The van der Waals surface area contributed by atoms with Crippen LogP contribution in [0.15, 0.2) is 17.5 Å². The summed E-state index contributed by atoms with van der Waals surface area (Å²) in [6, 6.07) is 1.03. The van der Waals surface area contributed by atoms with Crippen LogP contribution in [-0.4, -0.2) is 46.7 Å². The van der Waals surface area contributed by atoms with Gasteiger partial charge in [0.15, 0.2) is 0 Å². The maximum atomic E-state index is 11.7. The summed E-state index contributed by atoms with van der Waals surface area (Å²) in [5.41, 5.74) is 0. The van der Waals surface area contributed by atoms with Crippen molar-refractivity contribution in [3.05, 3.63) is 22.4 Å². The second kappa shape index (κ2) is 6.86. The number of hydrogen-bond acceptors (Lipinski definition) is 5. The average molecular weight is 286 g/mol. The molecule has 0 aliphatic rings. The van der Waals surface area contributed by atoms with Gasteiger partial charge in [-0.1, -0.05) is 6.07 Å². The number of hydrogen-bond donors (Lipinski definition) is 4. The highest BCUT2D eigenvalue weighted by atomic mass is 32.1. The number of carbonyl (C=O) groups is 3. The molecular weight excluding hydrogens is 272 g/mol. The van der Waals surface area contributed by atoms with Gasteiger partial charge in [-0.25, -0.2) is 4.79 Å². The molecule has 0 aliphatic heterocycles. The fraction of sp³-hybridized carbons (Fsp3) is 0.364. The highest BCUT2D eigenvalue weighted by Gasteiger charge is 2.23. The second-order valence-electron chi connectivity index (χ2n) is 3.75. The molecule has 7 nitrogen and oxygen atoms in total. The number of nitrogens with one attached hydrogen (secondary N) is 2. The van der Waals surface area contributed by atoms with Gasteiger partial charge in [-0.05, 0) is 18.4 Å². The van der Waals surface area contributed by atoms with Crippen molar-refractivity contribution in [3.63, 3.8) is 0 Å². The molecule has 0 aliphatic carbocycles. The molecule has 0 saturated heterocycles. The van der Waals surface area contributed by atoms with Crippen LogP contribution in [0.25, 0.3) is 0 Å². The zero-order valence-corrected chi connectivity index (χ0v) is 10.9. The molecule has 0 spiro atoms. The van der Waals surface area contributed by atoms with E-state index in [9.17, 15) is 14.4 Å². The third-order valence-electron chi connectivity index (χ3n) is 2.28. The van der Waals surface area contributed by atoms with Gasteiger partial charge in [0.25, 0.3) is 5.91 Å². The van der Waals surface area contributed by atoms with Crippen molar-refractivity contribution in [1.82, 2.24) is 10.6 Å². The van der Waals surface area contributed by atoms with Gasteiger partial charge < -0.3 is 20.8 Å². The minimum absolute atomic E-state index is 0.409. The van der Waals surface area contributed by atoms with Crippen LogP contribution < -0.4 is 10.6 Å². The molecular formula is C11H14N2O5S. The second-order valence-corrected chi connectivity index (χ2v) is 4.70. The Bertz CT molecular complexity index is 460. The first kappa shape index (κ1) is 15.1.